The van der Waals surface area contributed by atoms with Gasteiger partial charge in [-0.15, -0.1) is 12.3 Å². The third-order valence-corrected chi connectivity index (χ3v) is 3.76. The number of terminal acetylenes is 1. The van der Waals surface area contributed by atoms with Crippen LogP contribution in [-0.2, 0) is 4.79 Å². The normalized spacial score (nSPS) is 16.6. The molecule has 0 radical (unpaired) electrons. The molecule has 1 aliphatic heterocycles. The van der Waals surface area contributed by atoms with Crippen molar-refractivity contribution in [2.45, 2.75) is 12.5 Å². The zero-order chi connectivity index (χ0) is 14.5. The number of nitrogens with zero attached hydrogens (tertiary/aromatic N) is 2. The van der Waals surface area contributed by atoms with E-state index in [9.17, 15) is 4.79 Å². The molecule has 1 heterocycles. The van der Waals surface area contributed by atoms with Crippen molar-refractivity contribution in [1.82, 2.24) is 4.90 Å². The number of amides is 1. The summed E-state index contributed by atoms with van der Waals surface area (Å²) in [6.07, 6.45) is 5.47. The molecule has 0 aromatic heterocycles. The summed E-state index contributed by atoms with van der Waals surface area (Å²) in [7, 11) is 0. The van der Waals surface area contributed by atoms with Gasteiger partial charge in [0.15, 0.2) is 0 Å². The van der Waals surface area contributed by atoms with Gasteiger partial charge < -0.3 is 15.5 Å². The second-order valence-corrected chi connectivity index (χ2v) is 5.19. The fourth-order valence-corrected chi connectivity index (χ4v) is 2.58. The van der Waals surface area contributed by atoms with Crippen molar-refractivity contribution in [3.63, 3.8) is 0 Å². The highest BCUT2D eigenvalue weighted by Crippen LogP contribution is 2.26. The van der Waals surface area contributed by atoms with Crippen LogP contribution >= 0.6 is 11.6 Å². The summed E-state index contributed by atoms with van der Waals surface area (Å²) in [6, 6.07) is 7.14. The Hall–Kier alpha value is -1.70. The molecule has 1 unspecified atom stereocenters. The number of anilines is 1. The lowest BCUT2D eigenvalue weighted by molar-refractivity contribution is -0.132. The molecule has 2 N–H and O–H groups in total. The van der Waals surface area contributed by atoms with E-state index in [0.717, 1.165) is 23.8 Å². The first kappa shape index (κ1) is 14.7. The summed E-state index contributed by atoms with van der Waals surface area (Å²) in [5.74, 6) is 2.36. The van der Waals surface area contributed by atoms with Gasteiger partial charge in [0.1, 0.15) is 0 Å². The van der Waals surface area contributed by atoms with Crippen molar-refractivity contribution in [3.8, 4) is 12.3 Å². The van der Waals surface area contributed by atoms with Crippen LogP contribution in [0.2, 0.25) is 5.02 Å². The number of hydrogen-bond donors (Lipinski definition) is 1. The number of piperazine rings is 1. The summed E-state index contributed by atoms with van der Waals surface area (Å²) in [5, 5.41) is 0.733. The van der Waals surface area contributed by atoms with Gasteiger partial charge in [-0.25, -0.2) is 0 Å². The van der Waals surface area contributed by atoms with E-state index in [-0.39, 0.29) is 12.3 Å². The van der Waals surface area contributed by atoms with Crippen LogP contribution in [0.1, 0.15) is 6.42 Å². The smallest absolute Gasteiger partial charge is 0.240 e. The molecular weight excluding hydrogens is 274 g/mol. The van der Waals surface area contributed by atoms with Gasteiger partial charge in [0.25, 0.3) is 0 Å². The zero-order valence-electron chi connectivity index (χ0n) is 11.3. The molecule has 0 saturated carbocycles. The fraction of sp³-hybridized carbons (Fsp3) is 0.400. The number of nitrogens with two attached hydrogens (primary N) is 1. The van der Waals surface area contributed by atoms with Gasteiger partial charge in [0, 0.05) is 32.6 Å². The summed E-state index contributed by atoms with van der Waals surface area (Å²) in [5.41, 5.74) is 6.77. The SMILES string of the molecule is C#CCC(N)C(=O)N1CCN(c2ccccc2Cl)CC1. The predicted molar refractivity (Wildman–Crippen MR) is 81.7 cm³/mol. The van der Waals surface area contributed by atoms with Gasteiger partial charge in [-0.05, 0) is 12.1 Å². The quantitative estimate of drug-likeness (QED) is 0.855. The minimum Gasteiger partial charge on any atom is -0.367 e. The van der Waals surface area contributed by atoms with Crippen LogP contribution in [0.25, 0.3) is 0 Å². The number of rotatable bonds is 3. The number of carbonyl (C=O) groups is 1. The van der Waals surface area contributed by atoms with Gasteiger partial charge in [0.2, 0.25) is 5.91 Å². The molecule has 106 valence electrons. The Morgan fingerprint density at radius 3 is 2.60 bits per heavy atom. The summed E-state index contributed by atoms with van der Waals surface area (Å²) in [6.45, 7) is 2.78. The molecule has 1 aromatic carbocycles. The third kappa shape index (κ3) is 3.24. The summed E-state index contributed by atoms with van der Waals surface area (Å²) in [4.78, 5) is 16.0. The van der Waals surface area contributed by atoms with E-state index >= 15 is 0 Å². The van der Waals surface area contributed by atoms with Gasteiger partial charge in [-0.1, -0.05) is 23.7 Å². The lowest BCUT2D eigenvalue weighted by Crippen LogP contribution is -2.53. The number of halogens is 1. The Labute approximate surface area is 124 Å². The molecule has 0 aliphatic carbocycles. The molecule has 0 spiro atoms. The Morgan fingerprint density at radius 1 is 1.35 bits per heavy atom. The van der Waals surface area contributed by atoms with E-state index in [1.54, 1.807) is 4.90 Å². The van der Waals surface area contributed by atoms with E-state index < -0.39 is 6.04 Å². The highest BCUT2D eigenvalue weighted by Gasteiger charge is 2.25. The number of hydrogen-bond acceptors (Lipinski definition) is 3. The maximum atomic E-state index is 12.1. The summed E-state index contributed by atoms with van der Waals surface area (Å²) >= 11 is 6.18. The van der Waals surface area contributed by atoms with Gasteiger partial charge in [-0.3, -0.25) is 4.79 Å². The van der Waals surface area contributed by atoms with Crippen LogP contribution in [0.5, 0.6) is 0 Å². The first-order chi connectivity index (χ1) is 9.63. The van der Waals surface area contributed by atoms with Gasteiger partial charge in [0.05, 0.1) is 16.8 Å². The topological polar surface area (TPSA) is 49.6 Å². The minimum atomic E-state index is -0.591. The highest BCUT2D eigenvalue weighted by molar-refractivity contribution is 6.33. The van der Waals surface area contributed by atoms with E-state index in [2.05, 4.69) is 10.8 Å². The van der Waals surface area contributed by atoms with Crippen molar-refractivity contribution in [1.29, 1.82) is 0 Å². The Bertz CT molecular complexity index is 518. The number of para-hydroxylation sites is 1. The van der Waals surface area contributed by atoms with Gasteiger partial charge >= 0.3 is 0 Å². The minimum absolute atomic E-state index is 0.0678. The maximum Gasteiger partial charge on any atom is 0.240 e. The highest BCUT2D eigenvalue weighted by atomic mass is 35.5. The standard InChI is InChI=1S/C15H18ClN3O/c1-2-5-13(17)15(20)19-10-8-18(9-11-19)14-7-4-3-6-12(14)16/h1,3-4,6-7,13H,5,8-11,17H2. The molecule has 20 heavy (non-hydrogen) atoms. The Morgan fingerprint density at radius 2 is 2.00 bits per heavy atom. The first-order valence-electron chi connectivity index (χ1n) is 6.61. The first-order valence-corrected chi connectivity index (χ1v) is 6.98. The van der Waals surface area contributed by atoms with Crippen LogP contribution in [-0.4, -0.2) is 43.0 Å². The average molecular weight is 292 g/mol. The molecule has 4 nitrogen and oxygen atoms in total. The zero-order valence-corrected chi connectivity index (χ0v) is 12.0. The second kappa shape index (κ2) is 6.65. The molecule has 0 bridgehead atoms. The van der Waals surface area contributed by atoms with Crippen LogP contribution in [0.3, 0.4) is 0 Å². The molecular formula is C15H18ClN3O. The van der Waals surface area contributed by atoms with Gasteiger partial charge in [-0.2, -0.15) is 0 Å². The summed E-state index contributed by atoms with van der Waals surface area (Å²) < 4.78 is 0. The van der Waals surface area contributed by atoms with Crippen LogP contribution in [0, 0.1) is 12.3 Å². The fourth-order valence-electron chi connectivity index (χ4n) is 2.32. The molecule has 5 heteroatoms. The van der Waals surface area contributed by atoms with Crippen molar-refractivity contribution in [2.24, 2.45) is 5.73 Å². The molecule has 1 atom stereocenters. The average Bonchev–Trinajstić information content (AvgIpc) is 2.47. The number of carbonyl (C=O) groups excluding carboxylic acids is 1. The van der Waals surface area contributed by atoms with Crippen molar-refractivity contribution in [3.05, 3.63) is 29.3 Å². The predicted octanol–water partition coefficient (Wildman–Crippen LogP) is 1.34. The van der Waals surface area contributed by atoms with Crippen LogP contribution in [0.4, 0.5) is 5.69 Å². The van der Waals surface area contributed by atoms with Crippen molar-refractivity contribution >= 4 is 23.2 Å². The van der Waals surface area contributed by atoms with E-state index in [4.69, 9.17) is 23.8 Å². The molecule has 1 saturated heterocycles. The van der Waals surface area contributed by atoms with Crippen molar-refractivity contribution < 1.29 is 4.79 Å². The lowest BCUT2D eigenvalue weighted by atomic mass is 10.1. The Kier molecular flexibility index (Phi) is 4.89. The van der Waals surface area contributed by atoms with E-state index in [1.165, 1.54) is 0 Å². The van der Waals surface area contributed by atoms with E-state index in [0.29, 0.717) is 13.1 Å². The van der Waals surface area contributed by atoms with Crippen molar-refractivity contribution in [2.75, 3.05) is 31.1 Å². The van der Waals surface area contributed by atoms with E-state index in [1.807, 2.05) is 24.3 Å². The molecule has 1 aromatic rings. The molecule has 1 fully saturated rings. The molecule has 1 aliphatic rings. The van der Waals surface area contributed by atoms with Crippen LogP contribution < -0.4 is 10.6 Å². The monoisotopic (exact) mass is 291 g/mol. The largest absolute Gasteiger partial charge is 0.367 e. The number of benzene rings is 1. The molecule has 1 amide bonds. The molecule has 2 rings (SSSR count). The Balaban J connectivity index is 1.95. The lowest BCUT2D eigenvalue weighted by Gasteiger charge is -2.37. The maximum absolute atomic E-state index is 12.1. The second-order valence-electron chi connectivity index (χ2n) is 4.78. The third-order valence-electron chi connectivity index (χ3n) is 3.44. The van der Waals surface area contributed by atoms with Crippen LogP contribution in [0.15, 0.2) is 24.3 Å².